The van der Waals surface area contributed by atoms with Crippen LogP contribution in [0.1, 0.15) is 58.4 Å². The predicted molar refractivity (Wildman–Crippen MR) is 120 cm³/mol. The number of piperidine rings is 1. The average molecular weight is 449 g/mol. The highest BCUT2D eigenvalue weighted by molar-refractivity contribution is 5.69. The Morgan fingerprint density at radius 2 is 1.84 bits per heavy atom. The second-order valence-electron chi connectivity index (χ2n) is 9.33. The molecule has 0 spiro atoms. The molecule has 1 aromatic carbocycles. The Bertz CT molecular complexity index is 739. The number of carbonyl (C=O) groups is 3. The van der Waals surface area contributed by atoms with Crippen LogP contribution in [0.4, 0.5) is 9.59 Å². The molecular weight excluding hydrogens is 412 g/mol. The highest BCUT2D eigenvalue weighted by atomic mass is 16.6. The number of cyclic esters (lactones) is 1. The van der Waals surface area contributed by atoms with Crippen LogP contribution in [0.15, 0.2) is 30.3 Å². The highest BCUT2D eigenvalue weighted by Crippen LogP contribution is 2.23. The van der Waals surface area contributed by atoms with Crippen molar-refractivity contribution in [1.82, 2.24) is 10.2 Å². The lowest BCUT2D eigenvalue weighted by Gasteiger charge is -2.33. The van der Waals surface area contributed by atoms with Crippen LogP contribution in [0.5, 0.6) is 0 Å². The van der Waals surface area contributed by atoms with Crippen molar-refractivity contribution < 1.29 is 29.0 Å². The van der Waals surface area contributed by atoms with Crippen molar-refractivity contribution in [2.24, 2.45) is 5.92 Å². The first-order chi connectivity index (χ1) is 15.1. The molecule has 0 bridgehead atoms. The van der Waals surface area contributed by atoms with Gasteiger partial charge in [0.15, 0.2) is 0 Å². The van der Waals surface area contributed by atoms with Gasteiger partial charge in [0.25, 0.3) is 0 Å². The van der Waals surface area contributed by atoms with Crippen LogP contribution in [0.25, 0.3) is 0 Å². The number of benzene rings is 1. The van der Waals surface area contributed by atoms with Gasteiger partial charge in [-0.2, -0.15) is 0 Å². The molecule has 178 valence electrons. The summed E-state index contributed by atoms with van der Waals surface area (Å²) in [6, 6.07) is 10.2. The van der Waals surface area contributed by atoms with E-state index in [2.05, 4.69) is 5.32 Å². The summed E-state index contributed by atoms with van der Waals surface area (Å²) in [5, 5.41) is 11.3. The number of amides is 2. The fourth-order valence-corrected chi connectivity index (χ4v) is 3.71. The van der Waals surface area contributed by atoms with Crippen molar-refractivity contribution in [2.45, 2.75) is 70.9 Å². The number of ether oxygens (including phenoxy) is 2. The summed E-state index contributed by atoms with van der Waals surface area (Å²) in [6.45, 7) is 7.50. The van der Waals surface area contributed by atoms with Gasteiger partial charge in [-0.05, 0) is 64.4 Å². The van der Waals surface area contributed by atoms with E-state index in [9.17, 15) is 14.4 Å². The third-order valence-electron chi connectivity index (χ3n) is 5.33. The Labute approximate surface area is 190 Å². The van der Waals surface area contributed by atoms with Crippen molar-refractivity contribution in [3.63, 3.8) is 0 Å². The maximum atomic E-state index is 11.8. The van der Waals surface area contributed by atoms with Gasteiger partial charge in [0.2, 0.25) is 0 Å². The van der Waals surface area contributed by atoms with Gasteiger partial charge >= 0.3 is 18.2 Å². The number of hydrogen-bond donors (Lipinski definition) is 2. The minimum atomic E-state index is -0.730. The second kappa shape index (κ2) is 12.3. The van der Waals surface area contributed by atoms with Gasteiger partial charge in [-0.15, -0.1) is 0 Å². The van der Waals surface area contributed by atoms with Gasteiger partial charge in [-0.25, -0.2) is 9.59 Å². The van der Waals surface area contributed by atoms with Gasteiger partial charge in [0.05, 0.1) is 6.04 Å². The number of rotatable bonds is 6. The van der Waals surface area contributed by atoms with Crippen molar-refractivity contribution >= 4 is 18.2 Å². The number of aliphatic carboxylic acids is 1. The first-order valence-corrected chi connectivity index (χ1v) is 11.3. The number of carboxylic acids is 1. The van der Waals surface area contributed by atoms with E-state index in [1.165, 1.54) is 5.56 Å². The molecule has 1 atom stereocenters. The highest BCUT2D eigenvalue weighted by Gasteiger charge is 2.26. The van der Waals surface area contributed by atoms with Crippen LogP contribution in [-0.4, -0.2) is 59.5 Å². The van der Waals surface area contributed by atoms with E-state index in [0.29, 0.717) is 25.6 Å². The number of likely N-dealkylation sites (tertiary alicyclic amines) is 1. The molecular formula is C24H36N2O6. The third-order valence-corrected chi connectivity index (χ3v) is 5.33. The number of carbonyl (C=O) groups excluding carboxylic acids is 2. The van der Waals surface area contributed by atoms with E-state index in [1.807, 2.05) is 51.1 Å². The van der Waals surface area contributed by atoms with E-state index in [-0.39, 0.29) is 24.6 Å². The summed E-state index contributed by atoms with van der Waals surface area (Å²) in [6.07, 6.45) is 4.09. The van der Waals surface area contributed by atoms with Crippen molar-refractivity contribution in [2.75, 3.05) is 19.7 Å². The molecule has 0 aromatic heterocycles. The van der Waals surface area contributed by atoms with E-state index in [1.54, 1.807) is 4.90 Å². The molecule has 0 saturated carbocycles. The number of carboxylic acid groups (broad SMARTS) is 1. The fourth-order valence-electron chi connectivity index (χ4n) is 3.71. The summed E-state index contributed by atoms with van der Waals surface area (Å²) in [4.78, 5) is 34.8. The molecule has 2 fully saturated rings. The Balaban J connectivity index is 0.000000242. The topological polar surface area (TPSA) is 105 Å². The monoisotopic (exact) mass is 448 g/mol. The normalized spacial score (nSPS) is 18.8. The zero-order chi connectivity index (χ0) is 23.6. The van der Waals surface area contributed by atoms with Crippen LogP contribution < -0.4 is 5.32 Å². The Kier molecular flexibility index (Phi) is 9.81. The molecule has 32 heavy (non-hydrogen) atoms. The van der Waals surface area contributed by atoms with Gasteiger partial charge in [-0.3, -0.25) is 4.79 Å². The van der Waals surface area contributed by atoms with Crippen molar-refractivity contribution in [1.29, 1.82) is 0 Å². The zero-order valence-electron chi connectivity index (χ0n) is 19.3. The molecule has 1 aromatic rings. The fraction of sp³-hybridized carbons (Fsp3) is 0.625. The van der Waals surface area contributed by atoms with Gasteiger partial charge < -0.3 is 24.8 Å². The standard InChI is InChI=1S/C14H25NO4.C10H11NO2/c1-14(2,3)19-13(18)15-9-7-11(8-10-15)5-4-6-12(16)17;12-10-11-9(7-13-10)6-8-4-2-1-3-5-8/h11H,4-10H2,1-3H3,(H,16,17);1-5,9H,6-7H2,(H,11,12)/t;9-/m.0/s1. The molecule has 2 saturated heterocycles. The lowest BCUT2D eigenvalue weighted by atomic mass is 9.92. The Hall–Kier alpha value is -2.77. The van der Waals surface area contributed by atoms with Crippen LogP contribution in [0.2, 0.25) is 0 Å². The molecule has 0 radical (unpaired) electrons. The molecule has 0 unspecified atom stereocenters. The predicted octanol–water partition coefficient (Wildman–Crippen LogP) is 4.23. The lowest BCUT2D eigenvalue weighted by Crippen LogP contribution is -2.41. The third kappa shape index (κ3) is 10.0. The summed E-state index contributed by atoms with van der Waals surface area (Å²) in [5.74, 6) is -0.191. The quantitative estimate of drug-likeness (QED) is 0.675. The minimum absolute atomic E-state index is 0.134. The number of nitrogens with zero attached hydrogens (tertiary/aromatic N) is 1. The van der Waals surface area contributed by atoms with Gasteiger partial charge in [0.1, 0.15) is 12.2 Å². The molecule has 2 amide bonds. The first-order valence-electron chi connectivity index (χ1n) is 11.3. The molecule has 3 rings (SSSR count). The maximum absolute atomic E-state index is 11.8. The Morgan fingerprint density at radius 1 is 1.19 bits per heavy atom. The van der Waals surface area contributed by atoms with Crippen molar-refractivity contribution in [3.8, 4) is 0 Å². The van der Waals surface area contributed by atoms with E-state index >= 15 is 0 Å². The summed E-state index contributed by atoms with van der Waals surface area (Å²) in [5.41, 5.74) is 0.772. The first kappa shape index (κ1) is 25.5. The van der Waals surface area contributed by atoms with Crippen LogP contribution >= 0.6 is 0 Å². The zero-order valence-corrected chi connectivity index (χ0v) is 19.3. The lowest BCUT2D eigenvalue weighted by molar-refractivity contribution is -0.137. The molecule has 8 nitrogen and oxygen atoms in total. The molecule has 2 heterocycles. The maximum Gasteiger partial charge on any atom is 0.410 e. The molecule has 8 heteroatoms. The molecule has 2 N–H and O–H groups in total. The largest absolute Gasteiger partial charge is 0.481 e. The number of hydrogen-bond acceptors (Lipinski definition) is 5. The number of alkyl carbamates (subject to hydrolysis) is 1. The number of nitrogens with one attached hydrogen (secondary N) is 1. The van der Waals surface area contributed by atoms with E-state index < -0.39 is 11.6 Å². The van der Waals surface area contributed by atoms with E-state index in [0.717, 1.165) is 32.1 Å². The van der Waals surface area contributed by atoms with Crippen LogP contribution in [0.3, 0.4) is 0 Å². The molecule has 2 aliphatic rings. The SMILES string of the molecule is CC(C)(C)OC(=O)N1CCC(CCCC(=O)O)CC1.O=C1N[C@@H](Cc2ccccc2)CO1. The van der Waals surface area contributed by atoms with Crippen LogP contribution in [-0.2, 0) is 20.7 Å². The Morgan fingerprint density at radius 3 is 2.38 bits per heavy atom. The summed E-state index contributed by atoms with van der Waals surface area (Å²) < 4.78 is 10.1. The van der Waals surface area contributed by atoms with Crippen LogP contribution in [0, 0.1) is 5.92 Å². The average Bonchev–Trinajstić information content (AvgIpc) is 3.13. The second-order valence-corrected chi connectivity index (χ2v) is 9.33. The van der Waals surface area contributed by atoms with E-state index in [4.69, 9.17) is 14.6 Å². The summed E-state index contributed by atoms with van der Waals surface area (Å²) in [7, 11) is 0. The minimum Gasteiger partial charge on any atom is -0.481 e. The molecule has 0 aliphatic carbocycles. The summed E-state index contributed by atoms with van der Waals surface area (Å²) >= 11 is 0. The van der Waals surface area contributed by atoms with Crippen molar-refractivity contribution in [3.05, 3.63) is 35.9 Å². The molecule has 2 aliphatic heterocycles. The van der Waals surface area contributed by atoms with Gasteiger partial charge in [-0.1, -0.05) is 30.3 Å². The smallest absolute Gasteiger partial charge is 0.410 e. The van der Waals surface area contributed by atoms with Gasteiger partial charge in [0, 0.05) is 19.5 Å².